The predicted octanol–water partition coefficient (Wildman–Crippen LogP) is 18.4. The molecule has 0 N–H and O–H groups in total. The summed E-state index contributed by atoms with van der Waals surface area (Å²) in [7, 11) is 11.0. The molecule has 0 nitrogen and oxygen atoms in total. The first-order valence-corrected chi connectivity index (χ1v) is 30.3. The molecule has 0 aliphatic rings. The third-order valence-corrected chi connectivity index (χ3v) is 11.5. The van der Waals surface area contributed by atoms with Gasteiger partial charge in [0, 0.05) is 9.52 Å². The fourth-order valence-corrected chi connectivity index (χ4v) is 8.61. The summed E-state index contributed by atoms with van der Waals surface area (Å²) in [6.07, 6.45) is 2.03. The summed E-state index contributed by atoms with van der Waals surface area (Å²) in [6, 6.07) is 78.8. The Morgan fingerprint density at radius 2 is 0.672 bits per heavy atom. The van der Waals surface area contributed by atoms with Gasteiger partial charge in [-0.3, -0.25) is 0 Å². The van der Waals surface area contributed by atoms with Crippen molar-refractivity contribution in [1.82, 2.24) is 0 Å². The van der Waals surface area contributed by atoms with Crippen molar-refractivity contribution in [2.24, 2.45) is 0 Å². The van der Waals surface area contributed by atoms with E-state index in [0.717, 1.165) is 22.4 Å². The van der Waals surface area contributed by atoms with Gasteiger partial charge in [-0.2, -0.15) is 0 Å². The van der Waals surface area contributed by atoms with Crippen LogP contribution < -0.4 is 0 Å². The van der Waals surface area contributed by atoms with Crippen LogP contribution in [-0.4, -0.2) is 9.52 Å². The van der Waals surface area contributed by atoms with Crippen molar-refractivity contribution in [1.29, 1.82) is 0 Å². The van der Waals surface area contributed by atoms with Gasteiger partial charge >= 0.3 is 37.9 Å². The molecule has 64 heavy (non-hydrogen) atoms. The van der Waals surface area contributed by atoms with E-state index in [-0.39, 0.29) is 0 Å². The summed E-state index contributed by atoms with van der Waals surface area (Å²) in [6.45, 7) is 8.80. The Labute approximate surface area is 401 Å². The van der Waals surface area contributed by atoms with Gasteiger partial charge in [0.1, 0.15) is 0 Å². The molecule has 0 aromatic heterocycles. The Morgan fingerprint density at radius 1 is 0.391 bits per heavy atom. The molecule has 2 radical (unpaired) electrons. The van der Waals surface area contributed by atoms with Crippen LogP contribution in [0.3, 0.4) is 0 Å². The quantitative estimate of drug-likeness (QED) is 0.105. The van der Waals surface area contributed by atoms with Gasteiger partial charge in [0.25, 0.3) is 0 Å². The van der Waals surface area contributed by atoms with Crippen molar-refractivity contribution in [3.05, 3.63) is 230 Å². The van der Waals surface area contributed by atoms with E-state index in [1.54, 1.807) is 0 Å². The standard InChI is InChI=1S/2C29H23.C2H6Si.2ClH.Zr/c2*1-2-21-17-18-24-19-25(22-11-5-3-6-12-22)20-28(24)29(21)27-16-10-9-15-26(27)23-13-7-4-8-14-23;1-3-2;;;/h2*3-20H,2H2,1H3;1-2H3;2*1H;/q2*-1;;;;+4/p-2. The van der Waals surface area contributed by atoms with Gasteiger partial charge in [0.05, 0.1) is 0 Å². The van der Waals surface area contributed by atoms with Crippen LogP contribution in [0.5, 0.6) is 0 Å². The van der Waals surface area contributed by atoms with Crippen LogP contribution in [0.15, 0.2) is 218 Å². The molecule has 4 heteroatoms. The zero-order chi connectivity index (χ0) is 44.7. The predicted molar refractivity (Wildman–Crippen MR) is 280 cm³/mol. The molecular formula is C60H52Cl2SiZr. The van der Waals surface area contributed by atoms with Crippen LogP contribution in [0.4, 0.5) is 0 Å². The summed E-state index contributed by atoms with van der Waals surface area (Å²) < 4.78 is 0. The van der Waals surface area contributed by atoms with Crippen molar-refractivity contribution in [2.75, 3.05) is 0 Å². The molecule has 10 aromatic rings. The van der Waals surface area contributed by atoms with Crippen molar-refractivity contribution in [2.45, 2.75) is 39.8 Å². The van der Waals surface area contributed by atoms with Crippen molar-refractivity contribution in [3.8, 4) is 66.8 Å². The number of aryl methyl sites for hydroxylation is 2. The summed E-state index contributed by atoms with van der Waals surface area (Å²) >= 11 is -0.826. The first-order valence-electron chi connectivity index (χ1n) is 21.9. The van der Waals surface area contributed by atoms with E-state index >= 15 is 0 Å². The molecule has 0 fully saturated rings. The summed E-state index contributed by atoms with van der Waals surface area (Å²) in [5, 5.41) is 5.29. The zero-order valence-corrected chi connectivity index (χ0v) is 41.9. The van der Waals surface area contributed by atoms with Gasteiger partial charge in [-0.15, -0.1) is 69.1 Å². The maximum absolute atomic E-state index is 4.93. The molecule has 10 aromatic carbocycles. The third-order valence-electron chi connectivity index (χ3n) is 11.5. The minimum atomic E-state index is -0.826. The van der Waals surface area contributed by atoms with Crippen LogP contribution in [0.2, 0.25) is 13.1 Å². The van der Waals surface area contributed by atoms with Crippen molar-refractivity contribution < 1.29 is 20.8 Å². The molecule has 0 saturated heterocycles. The molecule has 10 rings (SSSR count). The fraction of sp³-hybridized carbons (Fsp3) is 0.100. The molecule has 0 saturated carbocycles. The van der Waals surface area contributed by atoms with Gasteiger partial charge in [-0.05, 0) is 57.3 Å². The van der Waals surface area contributed by atoms with E-state index in [9.17, 15) is 0 Å². The Balaban J connectivity index is 0.000000171. The Kier molecular flexibility index (Phi) is 17.2. The average molecular weight is 963 g/mol. The van der Waals surface area contributed by atoms with E-state index in [1.165, 1.54) is 99.4 Å². The molecule has 0 aliphatic heterocycles. The Hall–Kier alpha value is -5.34. The molecule has 0 atom stereocenters. The number of benzene rings is 8. The molecule has 0 unspecified atom stereocenters. The molecule has 314 valence electrons. The molecule has 0 amide bonds. The first-order chi connectivity index (χ1) is 31.5. The van der Waals surface area contributed by atoms with Crippen LogP contribution in [-0.2, 0) is 33.7 Å². The van der Waals surface area contributed by atoms with Crippen LogP contribution in [0.25, 0.3) is 88.3 Å². The second-order valence-corrected chi connectivity index (χ2v) is 20.3. The number of fused-ring (bicyclic) bond motifs is 2. The molecule has 0 spiro atoms. The van der Waals surface area contributed by atoms with Gasteiger partial charge in [-0.1, -0.05) is 231 Å². The van der Waals surface area contributed by atoms with Crippen molar-refractivity contribution >= 4 is 48.1 Å². The van der Waals surface area contributed by atoms with Gasteiger partial charge in [0.15, 0.2) is 0 Å². The maximum atomic E-state index is 4.93. The molecule has 0 heterocycles. The van der Waals surface area contributed by atoms with E-state index in [1.807, 2.05) is 0 Å². The third kappa shape index (κ3) is 10.9. The summed E-state index contributed by atoms with van der Waals surface area (Å²) in [5.41, 5.74) is 18.4. The second-order valence-electron chi connectivity index (χ2n) is 15.5. The molecule has 0 aliphatic carbocycles. The van der Waals surface area contributed by atoms with E-state index < -0.39 is 20.8 Å². The minimum absolute atomic E-state index is 0.826. The van der Waals surface area contributed by atoms with Gasteiger partial charge in [0.2, 0.25) is 0 Å². The van der Waals surface area contributed by atoms with Gasteiger partial charge < -0.3 is 0 Å². The van der Waals surface area contributed by atoms with Crippen LogP contribution in [0.1, 0.15) is 25.0 Å². The summed E-state index contributed by atoms with van der Waals surface area (Å²) in [5.74, 6) is 0. The molecule has 0 bridgehead atoms. The topological polar surface area (TPSA) is 0 Å². The first kappa shape index (κ1) is 46.6. The fourth-order valence-electron chi connectivity index (χ4n) is 8.61. The van der Waals surface area contributed by atoms with Crippen LogP contribution in [0, 0.1) is 0 Å². The number of hydrogen-bond acceptors (Lipinski definition) is 0. The number of hydrogen-bond donors (Lipinski definition) is 0. The average Bonchev–Trinajstić information content (AvgIpc) is 4.01. The summed E-state index contributed by atoms with van der Waals surface area (Å²) in [4.78, 5) is 0. The monoisotopic (exact) mass is 960 g/mol. The Morgan fingerprint density at radius 3 is 0.984 bits per heavy atom. The number of rotatable bonds is 8. The van der Waals surface area contributed by atoms with E-state index in [4.69, 9.17) is 17.0 Å². The van der Waals surface area contributed by atoms with E-state index in [2.05, 4.69) is 245 Å². The van der Waals surface area contributed by atoms with E-state index in [0.29, 0.717) is 0 Å². The van der Waals surface area contributed by atoms with Crippen molar-refractivity contribution in [3.63, 3.8) is 0 Å². The Bertz CT molecular complexity index is 2780. The second kappa shape index (κ2) is 23.5. The SMILES string of the molecule is CCc1ccc2[cH-]c(-c3ccccc3)cc2c1-c1ccccc1-c1ccccc1.CCc1ccc2[cH-]c(-c3ccccc3)cc2c1-c1ccccc1-c1ccccc1.C[Si]C.[Cl][Zr+2][Cl]. The number of halogens is 2. The van der Waals surface area contributed by atoms with Gasteiger partial charge in [-0.25, -0.2) is 0 Å². The zero-order valence-electron chi connectivity index (χ0n) is 37.0. The molecular weight excluding hydrogens is 911 g/mol. The normalized spacial score (nSPS) is 10.5. The van der Waals surface area contributed by atoms with Crippen LogP contribution >= 0.6 is 17.0 Å².